The molecule has 3 heteroatoms. The highest BCUT2D eigenvalue weighted by atomic mass is 16.5. The molecule has 5 rings (SSSR count). The van der Waals surface area contributed by atoms with Crippen LogP contribution in [0.15, 0.2) is 54.9 Å². The van der Waals surface area contributed by atoms with E-state index in [9.17, 15) is 0 Å². The smallest absolute Gasteiger partial charge is 0.122 e. The molecule has 24 heavy (non-hydrogen) atoms. The number of fused-ring (bicyclic) bond motifs is 4. The normalized spacial score (nSPS) is 13.4. The summed E-state index contributed by atoms with van der Waals surface area (Å²) in [6.45, 7) is 3.93. The first-order valence-corrected chi connectivity index (χ1v) is 8.47. The van der Waals surface area contributed by atoms with Gasteiger partial charge in [-0.05, 0) is 53.9 Å². The molecule has 0 aliphatic carbocycles. The molecule has 2 aromatic heterocycles. The molecule has 2 aromatic carbocycles. The Morgan fingerprint density at radius 1 is 1.00 bits per heavy atom. The number of pyridine rings is 1. The van der Waals surface area contributed by atoms with Crippen molar-refractivity contribution in [1.82, 2.24) is 9.55 Å². The quantitative estimate of drug-likeness (QED) is 0.531. The molecule has 118 valence electrons. The maximum atomic E-state index is 5.62. The Kier molecular flexibility index (Phi) is 2.89. The van der Waals surface area contributed by atoms with Crippen molar-refractivity contribution in [1.29, 1.82) is 0 Å². The Morgan fingerprint density at radius 3 is 2.79 bits per heavy atom. The Hall–Kier alpha value is -2.81. The van der Waals surface area contributed by atoms with E-state index in [-0.39, 0.29) is 0 Å². The standard InChI is InChI=1S/C21H18N2O/c1-2-23-19-5-3-15(12-18(19)17-7-9-22-13-20(17)23)14-4-6-21-16(11-14)8-10-24-21/h3-7,9,11-13H,2,8,10H2,1H3. The summed E-state index contributed by atoms with van der Waals surface area (Å²) in [7, 11) is 0. The van der Waals surface area contributed by atoms with Crippen molar-refractivity contribution >= 4 is 21.8 Å². The maximum absolute atomic E-state index is 5.62. The highest BCUT2D eigenvalue weighted by Crippen LogP contribution is 2.34. The predicted octanol–water partition coefficient (Wildman–Crippen LogP) is 4.81. The van der Waals surface area contributed by atoms with Gasteiger partial charge in [-0.3, -0.25) is 4.98 Å². The van der Waals surface area contributed by atoms with E-state index in [1.807, 2.05) is 12.4 Å². The molecule has 0 saturated carbocycles. The molecule has 0 N–H and O–H groups in total. The van der Waals surface area contributed by atoms with Gasteiger partial charge in [-0.25, -0.2) is 0 Å². The van der Waals surface area contributed by atoms with Crippen LogP contribution in [-0.4, -0.2) is 16.2 Å². The topological polar surface area (TPSA) is 27.1 Å². The van der Waals surface area contributed by atoms with Crippen molar-refractivity contribution in [2.75, 3.05) is 6.61 Å². The number of hydrogen-bond acceptors (Lipinski definition) is 2. The predicted molar refractivity (Wildman–Crippen MR) is 97.5 cm³/mol. The third-order valence-corrected chi connectivity index (χ3v) is 5.01. The highest BCUT2D eigenvalue weighted by molar-refractivity contribution is 6.09. The van der Waals surface area contributed by atoms with Crippen LogP contribution in [-0.2, 0) is 13.0 Å². The second-order valence-electron chi connectivity index (χ2n) is 6.29. The summed E-state index contributed by atoms with van der Waals surface area (Å²) in [5.74, 6) is 1.04. The van der Waals surface area contributed by atoms with E-state index < -0.39 is 0 Å². The van der Waals surface area contributed by atoms with Gasteiger partial charge in [0, 0.05) is 35.5 Å². The molecule has 3 nitrogen and oxygen atoms in total. The lowest BCUT2D eigenvalue weighted by molar-refractivity contribution is 0.357. The first-order chi connectivity index (χ1) is 11.8. The second-order valence-corrected chi connectivity index (χ2v) is 6.29. The van der Waals surface area contributed by atoms with E-state index in [0.717, 1.165) is 25.3 Å². The number of nitrogens with zero attached hydrogens (tertiary/aromatic N) is 2. The zero-order valence-electron chi connectivity index (χ0n) is 13.6. The van der Waals surface area contributed by atoms with E-state index in [4.69, 9.17) is 4.74 Å². The van der Waals surface area contributed by atoms with Gasteiger partial charge in [0.1, 0.15) is 5.75 Å². The van der Waals surface area contributed by atoms with Crippen molar-refractivity contribution in [2.24, 2.45) is 0 Å². The summed E-state index contributed by atoms with van der Waals surface area (Å²) < 4.78 is 7.96. The number of hydrogen-bond donors (Lipinski definition) is 0. The molecule has 0 fully saturated rings. The molecule has 0 amide bonds. The highest BCUT2D eigenvalue weighted by Gasteiger charge is 2.14. The summed E-state index contributed by atoms with van der Waals surface area (Å²) in [5.41, 5.74) is 6.30. The van der Waals surface area contributed by atoms with E-state index in [2.05, 4.69) is 58.9 Å². The van der Waals surface area contributed by atoms with Gasteiger partial charge < -0.3 is 9.30 Å². The van der Waals surface area contributed by atoms with Gasteiger partial charge in [0.05, 0.1) is 18.3 Å². The molecule has 0 unspecified atom stereocenters. The van der Waals surface area contributed by atoms with Gasteiger partial charge in [-0.1, -0.05) is 12.1 Å². The lowest BCUT2D eigenvalue weighted by Crippen LogP contribution is -1.93. The number of aromatic nitrogens is 2. The first kappa shape index (κ1) is 13.6. The fraction of sp³-hybridized carbons (Fsp3) is 0.190. The van der Waals surface area contributed by atoms with Crippen LogP contribution in [0.2, 0.25) is 0 Å². The SMILES string of the molecule is CCn1c2ccc(-c3ccc4c(c3)CCO4)cc2c2ccncc21. The molecule has 0 saturated heterocycles. The average Bonchev–Trinajstić information content (AvgIpc) is 3.22. The van der Waals surface area contributed by atoms with Gasteiger partial charge in [-0.15, -0.1) is 0 Å². The van der Waals surface area contributed by atoms with Gasteiger partial charge in [0.25, 0.3) is 0 Å². The van der Waals surface area contributed by atoms with Crippen molar-refractivity contribution in [3.8, 4) is 16.9 Å². The van der Waals surface area contributed by atoms with Gasteiger partial charge >= 0.3 is 0 Å². The summed E-state index contributed by atoms with van der Waals surface area (Å²) in [5, 5.41) is 2.57. The van der Waals surface area contributed by atoms with Crippen molar-refractivity contribution in [2.45, 2.75) is 19.9 Å². The molecule has 3 heterocycles. The van der Waals surface area contributed by atoms with Crippen LogP contribution in [0.4, 0.5) is 0 Å². The molecular weight excluding hydrogens is 296 g/mol. The molecule has 0 spiro atoms. The molecule has 0 atom stereocenters. The fourth-order valence-electron chi connectivity index (χ4n) is 3.83. The molecular formula is C21H18N2O. The Labute approximate surface area is 140 Å². The number of aryl methyl sites for hydroxylation is 1. The largest absolute Gasteiger partial charge is 0.493 e. The van der Waals surface area contributed by atoms with E-state index >= 15 is 0 Å². The number of benzene rings is 2. The number of rotatable bonds is 2. The minimum Gasteiger partial charge on any atom is -0.493 e. The lowest BCUT2D eigenvalue weighted by atomic mass is 10.00. The zero-order valence-corrected chi connectivity index (χ0v) is 13.6. The molecule has 0 bridgehead atoms. The maximum Gasteiger partial charge on any atom is 0.122 e. The zero-order chi connectivity index (χ0) is 16.1. The molecule has 1 aliphatic rings. The minimum atomic E-state index is 0.800. The average molecular weight is 314 g/mol. The van der Waals surface area contributed by atoms with Crippen LogP contribution in [0.1, 0.15) is 12.5 Å². The van der Waals surface area contributed by atoms with Crippen LogP contribution in [0, 0.1) is 0 Å². The van der Waals surface area contributed by atoms with Crippen molar-refractivity contribution in [3.05, 3.63) is 60.4 Å². The Bertz CT molecular complexity index is 1080. The minimum absolute atomic E-state index is 0.800. The van der Waals surface area contributed by atoms with Crippen LogP contribution in [0.25, 0.3) is 32.9 Å². The summed E-state index contributed by atoms with van der Waals surface area (Å²) >= 11 is 0. The van der Waals surface area contributed by atoms with Gasteiger partial charge in [0.15, 0.2) is 0 Å². The molecule has 1 aliphatic heterocycles. The summed E-state index contributed by atoms with van der Waals surface area (Å²) in [4.78, 5) is 4.30. The monoisotopic (exact) mass is 314 g/mol. The second kappa shape index (κ2) is 5.10. The van der Waals surface area contributed by atoms with Crippen molar-refractivity contribution in [3.63, 3.8) is 0 Å². The summed E-state index contributed by atoms with van der Waals surface area (Å²) in [6.07, 6.45) is 4.85. The number of ether oxygens (including phenoxy) is 1. The molecule has 4 aromatic rings. The fourth-order valence-corrected chi connectivity index (χ4v) is 3.83. The van der Waals surface area contributed by atoms with Crippen LogP contribution >= 0.6 is 0 Å². The first-order valence-electron chi connectivity index (χ1n) is 8.47. The third-order valence-electron chi connectivity index (χ3n) is 5.01. The molecule has 0 radical (unpaired) electrons. The van der Waals surface area contributed by atoms with Crippen LogP contribution in [0.3, 0.4) is 0 Å². The van der Waals surface area contributed by atoms with E-state index in [0.29, 0.717) is 0 Å². The summed E-state index contributed by atoms with van der Waals surface area (Å²) in [6, 6.07) is 15.4. The Balaban J connectivity index is 1.75. The van der Waals surface area contributed by atoms with Crippen molar-refractivity contribution < 1.29 is 4.74 Å². The Morgan fingerprint density at radius 2 is 1.88 bits per heavy atom. The van der Waals surface area contributed by atoms with Gasteiger partial charge in [-0.2, -0.15) is 0 Å². The van der Waals surface area contributed by atoms with Gasteiger partial charge in [0.2, 0.25) is 0 Å². The van der Waals surface area contributed by atoms with Crippen LogP contribution in [0.5, 0.6) is 5.75 Å². The lowest BCUT2D eigenvalue weighted by Gasteiger charge is -2.06. The van der Waals surface area contributed by atoms with E-state index in [1.165, 1.54) is 38.5 Å². The van der Waals surface area contributed by atoms with Crippen LogP contribution < -0.4 is 4.74 Å². The third kappa shape index (κ3) is 1.88. The van der Waals surface area contributed by atoms with E-state index in [1.54, 1.807) is 0 Å².